The van der Waals surface area contributed by atoms with Gasteiger partial charge in [0.05, 0.1) is 12.2 Å². The summed E-state index contributed by atoms with van der Waals surface area (Å²) in [6, 6.07) is 1.52. The molecule has 112 valence electrons. The predicted octanol–water partition coefficient (Wildman–Crippen LogP) is 2.79. The van der Waals surface area contributed by atoms with Crippen LogP contribution in [0.25, 0.3) is 0 Å². The van der Waals surface area contributed by atoms with E-state index in [1.165, 1.54) is 6.07 Å². The molecule has 4 nitrogen and oxygen atoms in total. The molecular formula is C15H23NO3S. The van der Waals surface area contributed by atoms with Gasteiger partial charge in [0, 0.05) is 18.3 Å². The minimum atomic E-state index is -0.347. The van der Waals surface area contributed by atoms with Crippen LogP contribution in [0, 0.1) is 13.8 Å². The molecule has 1 aromatic rings. The summed E-state index contributed by atoms with van der Waals surface area (Å²) in [5, 5.41) is 0. The number of nitrogens with zero attached hydrogens (tertiary/aromatic N) is 1. The van der Waals surface area contributed by atoms with Gasteiger partial charge in [0.15, 0.2) is 0 Å². The Morgan fingerprint density at radius 2 is 2.05 bits per heavy atom. The maximum Gasteiger partial charge on any atom is 0.340 e. The summed E-state index contributed by atoms with van der Waals surface area (Å²) in [6.07, 6.45) is 4.07. The molecule has 0 aliphatic carbocycles. The fourth-order valence-electron chi connectivity index (χ4n) is 2.23. The lowest BCUT2D eigenvalue weighted by Crippen LogP contribution is -2.26. The molecule has 20 heavy (non-hydrogen) atoms. The highest BCUT2D eigenvalue weighted by atomic mass is 32.2. The Kier molecular flexibility index (Phi) is 6.85. The van der Waals surface area contributed by atoms with E-state index in [9.17, 15) is 9.59 Å². The van der Waals surface area contributed by atoms with E-state index >= 15 is 0 Å². The standard InChI is InChI=1S/C15H23NO3S/c1-5-19-15(18)14-11(2)10-13(17)16(12(14)3)8-6-7-9-20-4/h10H,5-9H2,1-4H3. The lowest BCUT2D eigenvalue weighted by Gasteiger charge is -2.15. The smallest absolute Gasteiger partial charge is 0.340 e. The molecule has 1 rings (SSSR count). The lowest BCUT2D eigenvalue weighted by atomic mass is 10.1. The van der Waals surface area contributed by atoms with Crippen LogP contribution in [0.2, 0.25) is 0 Å². The number of thioether (sulfide) groups is 1. The van der Waals surface area contributed by atoms with Crippen molar-refractivity contribution >= 4 is 17.7 Å². The van der Waals surface area contributed by atoms with Crippen molar-refractivity contribution in [1.82, 2.24) is 4.57 Å². The minimum Gasteiger partial charge on any atom is -0.462 e. The first kappa shape index (κ1) is 16.8. The van der Waals surface area contributed by atoms with Crippen LogP contribution in [0.1, 0.15) is 41.4 Å². The highest BCUT2D eigenvalue weighted by Gasteiger charge is 2.17. The van der Waals surface area contributed by atoms with E-state index in [4.69, 9.17) is 4.74 Å². The number of carbonyl (C=O) groups excluding carboxylic acids is 1. The molecule has 0 bridgehead atoms. The molecule has 0 aromatic carbocycles. The number of rotatable bonds is 7. The average Bonchev–Trinajstić information content (AvgIpc) is 2.37. The second-order valence-corrected chi connectivity index (χ2v) is 5.68. The Balaban J connectivity index is 3.03. The minimum absolute atomic E-state index is 0.0443. The van der Waals surface area contributed by atoms with Gasteiger partial charge < -0.3 is 9.30 Å². The summed E-state index contributed by atoms with van der Waals surface area (Å²) >= 11 is 1.80. The van der Waals surface area contributed by atoms with E-state index in [-0.39, 0.29) is 11.5 Å². The Hall–Kier alpha value is -1.23. The van der Waals surface area contributed by atoms with E-state index in [1.807, 2.05) is 6.92 Å². The summed E-state index contributed by atoms with van der Waals surface area (Å²) in [4.78, 5) is 24.0. The number of hydrogen-bond donors (Lipinski definition) is 0. The van der Waals surface area contributed by atoms with Crippen molar-refractivity contribution in [2.75, 3.05) is 18.6 Å². The number of pyridine rings is 1. The predicted molar refractivity (Wildman–Crippen MR) is 83.7 cm³/mol. The maximum absolute atomic E-state index is 12.1. The summed E-state index contributed by atoms with van der Waals surface area (Å²) < 4.78 is 6.75. The van der Waals surface area contributed by atoms with Crippen LogP contribution in [0.5, 0.6) is 0 Å². The highest BCUT2D eigenvalue weighted by Crippen LogP contribution is 2.14. The molecule has 0 aliphatic heterocycles. The van der Waals surface area contributed by atoms with Gasteiger partial charge in [-0.05, 0) is 51.2 Å². The zero-order chi connectivity index (χ0) is 15.1. The summed E-state index contributed by atoms with van der Waals surface area (Å²) in [7, 11) is 0. The average molecular weight is 297 g/mol. The number of aromatic nitrogens is 1. The van der Waals surface area contributed by atoms with Gasteiger partial charge in [-0.25, -0.2) is 4.79 Å². The van der Waals surface area contributed by atoms with E-state index in [0.29, 0.717) is 30.0 Å². The summed E-state index contributed by atoms with van der Waals surface area (Å²) in [6.45, 7) is 6.36. The Morgan fingerprint density at radius 1 is 1.35 bits per heavy atom. The van der Waals surface area contributed by atoms with Gasteiger partial charge in [-0.1, -0.05) is 0 Å². The normalized spacial score (nSPS) is 10.6. The molecule has 0 amide bonds. The van der Waals surface area contributed by atoms with Gasteiger partial charge in [0.1, 0.15) is 0 Å². The number of hydrogen-bond acceptors (Lipinski definition) is 4. The van der Waals surface area contributed by atoms with Crippen LogP contribution >= 0.6 is 11.8 Å². The molecule has 0 N–H and O–H groups in total. The van der Waals surface area contributed by atoms with Crippen molar-refractivity contribution in [1.29, 1.82) is 0 Å². The van der Waals surface area contributed by atoms with Crippen LogP contribution in [0.4, 0.5) is 0 Å². The molecule has 0 saturated carbocycles. The third-order valence-corrected chi connectivity index (χ3v) is 3.92. The van der Waals surface area contributed by atoms with E-state index in [2.05, 4.69) is 6.26 Å². The van der Waals surface area contributed by atoms with Gasteiger partial charge >= 0.3 is 5.97 Å². The number of carbonyl (C=O) groups is 1. The van der Waals surface area contributed by atoms with Gasteiger partial charge in [-0.3, -0.25) is 4.79 Å². The fraction of sp³-hybridized carbons (Fsp3) is 0.600. The molecular weight excluding hydrogens is 274 g/mol. The molecule has 1 aromatic heterocycles. The van der Waals surface area contributed by atoms with E-state index in [1.54, 1.807) is 30.2 Å². The SMILES string of the molecule is CCOC(=O)c1c(C)cc(=O)n(CCCCSC)c1C. The van der Waals surface area contributed by atoms with Crippen molar-refractivity contribution in [3.05, 3.63) is 33.2 Å². The molecule has 0 fully saturated rings. The van der Waals surface area contributed by atoms with Crippen LogP contribution in [-0.2, 0) is 11.3 Å². The van der Waals surface area contributed by atoms with Crippen LogP contribution < -0.4 is 5.56 Å². The third-order valence-electron chi connectivity index (χ3n) is 3.23. The maximum atomic E-state index is 12.1. The number of ether oxygens (including phenoxy) is 1. The molecule has 0 saturated heterocycles. The van der Waals surface area contributed by atoms with Gasteiger partial charge in [-0.15, -0.1) is 0 Å². The molecule has 0 spiro atoms. The van der Waals surface area contributed by atoms with Crippen molar-refractivity contribution in [3.63, 3.8) is 0 Å². The summed E-state index contributed by atoms with van der Waals surface area (Å²) in [5.41, 5.74) is 1.87. The summed E-state index contributed by atoms with van der Waals surface area (Å²) in [5.74, 6) is 0.741. The van der Waals surface area contributed by atoms with Gasteiger partial charge in [-0.2, -0.15) is 11.8 Å². The second kappa shape index (κ2) is 8.15. The Morgan fingerprint density at radius 3 is 2.65 bits per heavy atom. The van der Waals surface area contributed by atoms with E-state index < -0.39 is 0 Å². The van der Waals surface area contributed by atoms with Crippen LogP contribution in [0.3, 0.4) is 0 Å². The first-order valence-corrected chi connectivity index (χ1v) is 8.29. The molecule has 0 atom stereocenters. The second-order valence-electron chi connectivity index (χ2n) is 4.70. The quantitative estimate of drug-likeness (QED) is 0.573. The van der Waals surface area contributed by atoms with Crippen LogP contribution in [0.15, 0.2) is 10.9 Å². The molecule has 0 aliphatic rings. The zero-order valence-corrected chi connectivity index (χ0v) is 13.5. The fourth-order valence-corrected chi connectivity index (χ4v) is 2.72. The first-order valence-electron chi connectivity index (χ1n) is 6.90. The van der Waals surface area contributed by atoms with Crippen molar-refractivity contribution in [2.45, 2.75) is 40.2 Å². The van der Waals surface area contributed by atoms with E-state index in [0.717, 1.165) is 18.6 Å². The number of aryl methyl sites for hydroxylation is 1. The highest BCUT2D eigenvalue weighted by molar-refractivity contribution is 7.98. The molecule has 5 heteroatoms. The van der Waals surface area contributed by atoms with Crippen molar-refractivity contribution < 1.29 is 9.53 Å². The Bertz CT molecular complexity index is 523. The first-order chi connectivity index (χ1) is 9.52. The Labute approximate surface area is 124 Å². The largest absolute Gasteiger partial charge is 0.462 e. The number of unbranched alkanes of at least 4 members (excludes halogenated alkanes) is 1. The lowest BCUT2D eigenvalue weighted by molar-refractivity contribution is 0.0523. The van der Waals surface area contributed by atoms with Crippen molar-refractivity contribution in [2.24, 2.45) is 0 Å². The molecule has 0 unspecified atom stereocenters. The topological polar surface area (TPSA) is 48.3 Å². The third kappa shape index (κ3) is 4.13. The van der Waals surface area contributed by atoms with Crippen molar-refractivity contribution in [3.8, 4) is 0 Å². The number of esters is 1. The molecule has 0 radical (unpaired) electrons. The van der Waals surface area contributed by atoms with Gasteiger partial charge in [0.25, 0.3) is 5.56 Å². The monoisotopic (exact) mass is 297 g/mol. The van der Waals surface area contributed by atoms with Gasteiger partial charge in [0.2, 0.25) is 0 Å². The van der Waals surface area contributed by atoms with Crippen LogP contribution in [-0.4, -0.2) is 29.2 Å². The molecule has 1 heterocycles. The zero-order valence-electron chi connectivity index (χ0n) is 12.7.